The second-order valence-electron chi connectivity index (χ2n) is 10.7. The number of nitrogens with zero attached hydrogens (tertiary/aromatic N) is 3. The van der Waals surface area contributed by atoms with Crippen LogP contribution in [0.3, 0.4) is 0 Å². The average molecular weight is 428 g/mol. The van der Waals surface area contributed by atoms with E-state index < -0.39 is 5.60 Å². The number of likely N-dealkylation sites (tertiary alicyclic amines) is 1. The van der Waals surface area contributed by atoms with Crippen LogP contribution in [0.4, 0.5) is 0 Å². The zero-order valence-electron chi connectivity index (χ0n) is 18.8. The Morgan fingerprint density at radius 3 is 2.45 bits per heavy atom. The average Bonchev–Trinajstić information content (AvgIpc) is 3.50. The third-order valence-electron chi connectivity index (χ3n) is 8.34. The van der Waals surface area contributed by atoms with E-state index in [4.69, 9.17) is 0 Å². The van der Waals surface area contributed by atoms with Crippen molar-refractivity contribution >= 4 is 11.0 Å². The highest BCUT2D eigenvalue weighted by molar-refractivity contribution is 5.76. The topological polar surface area (TPSA) is 70.6 Å². The van der Waals surface area contributed by atoms with Gasteiger partial charge in [-0.15, -0.1) is 0 Å². The fourth-order valence-corrected chi connectivity index (χ4v) is 6.28. The van der Waals surface area contributed by atoms with Crippen molar-refractivity contribution in [3.63, 3.8) is 0 Å². The summed E-state index contributed by atoms with van der Waals surface area (Å²) in [4.78, 5) is 16.0. The molecular formula is C25H37N3O3. The monoisotopic (exact) mass is 427 g/mol. The molecule has 1 aromatic carbocycles. The molecule has 2 aromatic rings. The number of imidazole rings is 1. The molecule has 1 spiro atoms. The van der Waals surface area contributed by atoms with Crippen LogP contribution in [0.25, 0.3) is 11.0 Å². The molecule has 1 saturated heterocycles. The molecule has 0 bridgehead atoms. The number of aliphatic hydroxyl groups is 2. The van der Waals surface area contributed by atoms with Crippen molar-refractivity contribution in [1.29, 1.82) is 0 Å². The fourth-order valence-electron chi connectivity index (χ4n) is 6.28. The zero-order chi connectivity index (χ0) is 21.6. The predicted molar refractivity (Wildman–Crippen MR) is 122 cm³/mol. The van der Waals surface area contributed by atoms with Gasteiger partial charge in [-0.05, 0) is 68.9 Å². The Bertz CT molecular complexity index is 980. The molecule has 6 heteroatoms. The number of hydrogen-bond donors (Lipinski definition) is 2. The molecule has 3 fully saturated rings. The summed E-state index contributed by atoms with van der Waals surface area (Å²) in [5, 5.41) is 19.9. The van der Waals surface area contributed by atoms with Crippen LogP contribution in [-0.4, -0.2) is 56.1 Å². The van der Waals surface area contributed by atoms with Gasteiger partial charge in [-0.25, -0.2) is 4.79 Å². The van der Waals surface area contributed by atoms with E-state index in [1.807, 2.05) is 28.8 Å². The lowest BCUT2D eigenvalue weighted by molar-refractivity contribution is -0.0120. The highest BCUT2D eigenvalue weighted by atomic mass is 16.3. The van der Waals surface area contributed by atoms with Gasteiger partial charge < -0.3 is 15.1 Å². The molecule has 2 aliphatic carbocycles. The van der Waals surface area contributed by atoms with Gasteiger partial charge in [0.2, 0.25) is 0 Å². The molecule has 5 rings (SSSR count). The van der Waals surface area contributed by atoms with Crippen molar-refractivity contribution in [1.82, 2.24) is 14.0 Å². The largest absolute Gasteiger partial charge is 0.393 e. The molecule has 3 aliphatic rings. The van der Waals surface area contributed by atoms with Gasteiger partial charge in [0, 0.05) is 25.7 Å². The van der Waals surface area contributed by atoms with Gasteiger partial charge in [-0.3, -0.25) is 9.13 Å². The number of fused-ring (bicyclic) bond motifs is 1. The first kappa shape index (κ1) is 21.2. The van der Waals surface area contributed by atoms with Gasteiger partial charge in [0.25, 0.3) is 0 Å². The summed E-state index contributed by atoms with van der Waals surface area (Å²) in [6, 6.07) is 8.03. The maximum Gasteiger partial charge on any atom is 0.329 e. The minimum Gasteiger partial charge on any atom is -0.393 e. The van der Waals surface area contributed by atoms with Crippen LogP contribution in [0.15, 0.2) is 29.1 Å². The Morgan fingerprint density at radius 1 is 1.06 bits per heavy atom. The normalized spacial score (nSPS) is 26.4. The predicted octanol–water partition coefficient (Wildman–Crippen LogP) is 3.15. The minimum absolute atomic E-state index is 0.0717. The Balaban J connectivity index is 1.33. The van der Waals surface area contributed by atoms with Gasteiger partial charge >= 0.3 is 5.69 Å². The van der Waals surface area contributed by atoms with Crippen molar-refractivity contribution in [2.45, 2.75) is 76.5 Å². The molecule has 2 saturated carbocycles. The molecule has 6 nitrogen and oxygen atoms in total. The number of benzene rings is 1. The minimum atomic E-state index is -1.32. The van der Waals surface area contributed by atoms with Crippen LogP contribution in [-0.2, 0) is 6.54 Å². The van der Waals surface area contributed by atoms with Crippen molar-refractivity contribution < 1.29 is 10.2 Å². The second-order valence-corrected chi connectivity index (χ2v) is 10.7. The molecule has 0 amide bonds. The quantitative estimate of drug-likeness (QED) is 0.743. The maximum absolute atomic E-state index is 13.4. The second kappa shape index (κ2) is 8.05. The third kappa shape index (κ3) is 3.98. The summed E-state index contributed by atoms with van der Waals surface area (Å²) in [6.07, 6.45) is 10.5. The molecule has 31 heavy (non-hydrogen) atoms. The number of aliphatic hydroxyl groups excluding tert-OH is 1. The van der Waals surface area contributed by atoms with Crippen LogP contribution in [0.2, 0.25) is 0 Å². The van der Waals surface area contributed by atoms with E-state index in [1.165, 1.54) is 45.1 Å². The Kier molecular flexibility index (Phi) is 5.51. The first-order valence-electron chi connectivity index (χ1n) is 12.2. The molecular weight excluding hydrogens is 390 g/mol. The lowest BCUT2D eigenvalue weighted by Crippen LogP contribution is -2.43. The third-order valence-corrected chi connectivity index (χ3v) is 8.34. The summed E-state index contributed by atoms with van der Waals surface area (Å²) < 4.78 is 3.58. The van der Waals surface area contributed by atoms with Crippen molar-refractivity contribution in [3.05, 3.63) is 34.7 Å². The van der Waals surface area contributed by atoms with Crippen LogP contribution in [0, 0.1) is 11.3 Å². The first-order valence-corrected chi connectivity index (χ1v) is 12.2. The smallest absolute Gasteiger partial charge is 0.329 e. The molecule has 2 unspecified atom stereocenters. The van der Waals surface area contributed by atoms with Gasteiger partial charge in [0.1, 0.15) is 5.60 Å². The highest BCUT2D eigenvalue weighted by Crippen LogP contribution is 2.59. The van der Waals surface area contributed by atoms with Gasteiger partial charge in [-0.2, -0.15) is 0 Å². The summed E-state index contributed by atoms with van der Waals surface area (Å²) >= 11 is 0. The molecule has 1 aliphatic heterocycles. The van der Waals surface area contributed by atoms with Crippen molar-refractivity contribution in [3.8, 4) is 0 Å². The number of rotatable bonds is 6. The van der Waals surface area contributed by atoms with Crippen molar-refractivity contribution in [2.75, 3.05) is 26.2 Å². The standard InChI is InChI=1S/C25H37N3O3/c1-24(31,18-29)17-27-21-7-2-3-8-22(21)28(23(27)30)20-9-14-26(15-10-20)16-19-6-4-5-11-25(19)12-13-25/h2-3,7-8,19-20,29,31H,4-6,9-18H2,1H3. The Hall–Kier alpha value is -1.63. The number of hydrogen-bond acceptors (Lipinski definition) is 4. The number of piperidine rings is 1. The van der Waals surface area contributed by atoms with Crippen LogP contribution < -0.4 is 5.69 Å². The number of para-hydroxylation sites is 2. The lowest BCUT2D eigenvalue weighted by Gasteiger charge is -2.39. The summed E-state index contributed by atoms with van der Waals surface area (Å²) in [7, 11) is 0. The van der Waals surface area contributed by atoms with E-state index in [0.717, 1.165) is 42.9 Å². The van der Waals surface area contributed by atoms with E-state index >= 15 is 0 Å². The van der Waals surface area contributed by atoms with Crippen LogP contribution >= 0.6 is 0 Å². The molecule has 0 radical (unpaired) electrons. The van der Waals surface area contributed by atoms with Gasteiger partial charge in [0.15, 0.2) is 0 Å². The molecule has 2 heterocycles. The SMILES string of the molecule is CC(O)(CO)Cn1c(=O)n(C2CCN(CC3CCCCC34CC4)CC2)c2ccccc21. The lowest BCUT2D eigenvalue weighted by atomic mass is 9.76. The van der Waals surface area contributed by atoms with Crippen molar-refractivity contribution in [2.24, 2.45) is 11.3 Å². The summed E-state index contributed by atoms with van der Waals surface area (Å²) in [5.41, 5.74) is 1.06. The van der Waals surface area contributed by atoms with E-state index in [-0.39, 0.29) is 24.9 Å². The van der Waals surface area contributed by atoms with Gasteiger partial charge in [0.05, 0.1) is 24.2 Å². The molecule has 1 aromatic heterocycles. The first-order chi connectivity index (χ1) is 14.9. The Morgan fingerprint density at radius 2 is 1.77 bits per heavy atom. The molecule has 2 N–H and O–H groups in total. The van der Waals surface area contributed by atoms with E-state index in [1.54, 1.807) is 11.5 Å². The molecule has 170 valence electrons. The Labute approximate surface area is 184 Å². The summed E-state index contributed by atoms with van der Waals surface area (Å²) in [6.45, 7) is 4.64. The van der Waals surface area contributed by atoms with E-state index in [0.29, 0.717) is 5.41 Å². The fraction of sp³-hybridized carbons (Fsp3) is 0.720. The van der Waals surface area contributed by atoms with E-state index in [2.05, 4.69) is 4.90 Å². The number of aromatic nitrogens is 2. The highest BCUT2D eigenvalue weighted by Gasteiger charge is 2.50. The zero-order valence-corrected chi connectivity index (χ0v) is 18.8. The van der Waals surface area contributed by atoms with E-state index in [9.17, 15) is 15.0 Å². The van der Waals surface area contributed by atoms with Crippen LogP contribution in [0.1, 0.15) is 64.3 Å². The van der Waals surface area contributed by atoms with Crippen LogP contribution in [0.5, 0.6) is 0 Å². The van der Waals surface area contributed by atoms with Gasteiger partial charge in [-0.1, -0.05) is 25.0 Å². The summed E-state index contributed by atoms with van der Waals surface area (Å²) in [5.74, 6) is 0.878. The maximum atomic E-state index is 13.4. The molecule has 2 atom stereocenters.